The van der Waals surface area contributed by atoms with Crippen molar-refractivity contribution in [3.8, 4) is 0 Å². The van der Waals surface area contributed by atoms with Gasteiger partial charge in [0.15, 0.2) is 16.6 Å². The quantitative estimate of drug-likeness (QED) is 0.0889. The molecule has 0 spiro atoms. The summed E-state index contributed by atoms with van der Waals surface area (Å²) < 4.78 is 52.2. The zero-order chi connectivity index (χ0) is 33.3. The summed E-state index contributed by atoms with van der Waals surface area (Å²) in [6.45, 7) is 35.0. The summed E-state index contributed by atoms with van der Waals surface area (Å²) in [5.41, 5.74) is 0. The van der Waals surface area contributed by atoms with E-state index in [2.05, 4.69) is 105 Å². The Labute approximate surface area is 266 Å². The lowest BCUT2D eigenvalue weighted by Gasteiger charge is -2.44. The highest BCUT2D eigenvalue weighted by Gasteiger charge is 2.49. The van der Waals surface area contributed by atoms with Gasteiger partial charge in [-0.15, -0.1) is 0 Å². The van der Waals surface area contributed by atoms with Crippen molar-refractivity contribution >= 4 is 68.0 Å². The first kappa shape index (κ1) is 43.3. The normalized spacial score (nSPS) is 15.0. The molecule has 0 atom stereocenters. The lowest BCUT2D eigenvalue weighted by molar-refractivity contribution is 0.0923. The smallest absolute Gasteiger partial charge is 0.314 e. The fraction of sp³-hybridized carbons (Fsp3) is 1.00. The first-order chi connectivity index (χ1) is 18.6. The van der Waals surface area contributed by atoms with Gasteiger partial charge in [-0.3, -0.25) is 0 Å². The van der Waals surface area contributed by atoms with E-state index in [-0.39, 0.29) is 13.2 Å². The first-order valence-electron chi connectivity index (χ1n) is 15.3. The van der Waals surface area contributed by atoms with Crippen molar-refractivity contribution < 1.29 is 43.8 Å². The second kappa shape index (κ2) is 16.9. The predicted molar refractivity (Wildman–Crippen MR) is 191 cm³/mol. The lowest BCUT2D eigenvalue weighted by Crippen LogP contribution is -2.61. The predicted octanol–water partition coefficient (Wildman–Crippen LogP) is 6.51. The molecule has 2 N–H and O–H groups in total. The fourth-order valence-electron chi connectivity index (χ4n) is 5.79. The van der Waals surface area contributed by atoms with Crippen molar-refractivity contribution in [2.45, 2.75) is 130 Å². The maximum atomic E-state index is 9.26. The molecule has 0 aliphatic rings. The van der Waals surface area contributed by atoms with Crippen LogP contribution in [-0.4, -0.2) is 105 Å². The van der Waals surface area contributed by atoms with Crippen molar-refractivity contribution in [3.05, 3.63) is 0 Å². The Morgan fingerprint density at radius 3 is 0.929 bits per heavy atom. The van der Waals surface area contributed by atoms with E-state index in [1.807, 2.05) is 0 Å². The van der Waals surface area contributed by atoms with Crippen molar-refractivity contribution in [3.63, 3.8) is 0 Å². The van der Waals surface area contributed by atoms with Gasteiger partial charge in [-0.1, -0.05) is 0 Å². The molecule has 0 aromatic heterocycles. The summed E-state index contributed by atoms with van der Waals surface area (Å²) in [5.74, 6) is 0. The molecule has 0 rings (SSSR count). The van der Waals surface area contributed by atoms with E-state index in [9.17, 15) is 5.11 Å². The maximum absolute atomic E-state index is 9.26. The van der Waals surface area contributed by atoms with Crippen LogP contribution in [0.25, 0.3) is 0 Å². The van der Waals surface area contributed by atoms with Crippen LogP contribution in [0.4, 0.5) is 0 Å². The molecule has 0 radical (unpaired) electrons. The average molecular weight is 739 g/mol. The van der Waals surface area contributed by atoms with Crippen LogP contribution in [0.5, 0.6) is 0 Å². The first-order valence-corrected chi connectivity index (χ1v) is 38.4. The van der Waals surface area contributed by atoms with Crippen LogP contribution in [0, 0.1) is 0 Å². The standard InChI is InChI=1S/C24H66O10Si8/c1-35(2,23-17-19-25)28-37(5,6)30-39(9,10)32-41(13,14)34-42(15,16)33-40(11,12)31-38(7,8)29-36(3,4)24-18-21-27-22-20-26/h25-26H,17-24H2,1-16H3. The summed E-state index contributed by atoms with van der Waals surface area (Å²) in [5, 5.41) is 18.1. The Hall–Kier alpha value is 1.34. The minimum absolute atomic E-state index is 0.0503. The van der Waals surface area contributed by atoms with E-state index in [0.717, 1.165) is 24.9 Å². The van der Waals surface area contributed by atoms with Gasteiger partial charge in [0.05, 0.1) is 13.2 Å². The highest BCUT2D eigenvalue weighted by Crippen LogP contribution is 2.30. The molecule has 0 saturated heterocycles. The van der Waals surface area contributed by atoms with Gasteiger partial charge in [-0.25, -0.2) is 0 Å². The number of ether oxygens (including phenoxy) is 1. The monoisotopic (exact) mass is 738 g/mol. The molecule has 18 heteroatoms. The molecule has 0 amide bonds. The molecular formula is C24H66O10Si8. The molecule has 0 aromatic carbocycles. The van der Waals surface area contributed by atoms with Crippen LogP contribution < -0.4 is 0 Å². The fourth-order valence-corrected chi connectivity index (χ4v) is 46.2. The average Bonchev–Trinajstić information content (AvgIpc) is 2.65. The topological polar surface area (TPSA) is 114 Å². The maximum Gasteiger partial charge on any atom is 0.314 e. The van der Waals surface area contributed by atoms with Crippen LogP contribution in [0.15, 0.2) is 0 Å². The molecule has 10 nitrogen and oxygen atoms in total. The molecule has 0 aliphatic carbocycles. The van der Waals surface area contributed by atoms with Crippen molar-refractivity contribution in [1.29, 1.82) is 0 Å². The van der Waals surface area contributed by atoms with Crippen molar-refractivity contribution in [1.82, 2.24) is 0 Å². The zero-order valence-corrected chi connectivity index (χ0v) is 37.8. The Balaban J connectivity index is 5.23. The third-order valence-electron chi connectivity index (χ3n) is 5.74. The molecule has 0 heterocycles. The summed E-state index contributed by atoms with van der Waals surface area (Å²) in [6, 6.07) is 1.87. The minimum atomic E-state index is -2.63. The Kier molecular flexibility index (Phi) is 17.5. The van der Waals surface area contributed by atoms with Gasteiger partial charge in [0.1, 0.15) is 0 Å². The number of rotatable bonds is 23. The third kappa shape index (κ3) is 21.2. The minimum Gasteiger partial charge on any atom is -0.436 e. The molecule has 0 bridgehead atoms. The van der Waals surface area contributed by atoms with Crippen molar-refractivity contribution in [2.75, 3.05) is 26.4 Å². The molecule has 0 aromatic rings. The van der Waals surface area contributed by atoms with Crippen LogP contribution in [0.3, 0.4) is 0 Å². The molecule has 0 fully saturated rings. The second-order valence-corrected chi connectivity index (χ2v) is 45.5. The number of hydrogen-bond donors (Lipinski definition) is 2. The van der Waals surface area contributed by atoms with E-state index in [0.29, 0.717) is 13.2 Å². The molecule has 254 valence electrons. The van der Waals surface area contributed by atoms with Gasteiger partial charge in [0.2, 0.25) is 0 Å². The third-order valence-corrected chi connectivity index (χ3v) is 36.9. The molecule has 0 saturated carbocycles. The zero-order valence-electron chi connectivity index (χ0n) is 29.8. The Bertz CT molecular complexity index is 795. The highest BCUT2D eigenvalue weighted by atomic mass is 28.5. The van der Waals surface area contributed by atoms with E-state index < -0.39 is 68.0 Å². The van der Waals surface area contributed by atoms with Crippen LogP contribution in [0.2, 0.25) is 117 Å². The number of hydrogen-bond acceptors (Lipinski definition) is 10. The van der Waals surface area contributed by atoms with Gasteiger partial charge in [-0.2, -0.15) is 0 Å². The molecule has 0 aliphatic heterocycles. The summed E-state index contributed by atoms with van der Waals surface area (Å²) in [7, 11) is -19.3. The van der Waals surface area contributed by atoms with Gasteiger partial charge in [-0.05, 0) is 130 Å². The number of aliphatic hydroxyl groups excluding tert-OH is 2. The summed E-state index contributed by atoms with van der Waals surface area (Å²) >= 11 is 0. The number of aliphatic hydroxyl groups is 2. The van der Waals surface area contributed by atoms with Crippen molar-refractivity contribution in [2.24, 2.45) is 0 Å². The highest BCUT2D eigenvalue weighted by molar-refractivity contribution is 6.92. The summed E-state index contributed by atoms with van der Waals surface area (Å²) in [4.78, 5) is 0. The second-order valence-electron chi connectivity index (χ2n) is 14.9. The van der Waals surface area contributed by atoms with Gasteiger partial charge in [0, 0.05) is 13.2 Å². The van der Waals surface area contributed by atoms with Gasteiger partial charge in [0.25, 0.3) is 0 Å². The van der Waals surface area contributed by atoms with Gasteiger partial charge >= 0.3 is 51.4 Å². The Morgan fingerprint density at radius 1 is 0.357 bits per heavy atom. The van der Waals surface area contributed by atoms with Crippen LogP contribution in [-0.2, 0) is 33.5 Å². The van der Waals surface area contributed by atoms with Crippen LogP contribution >= 0.6 is 0 Å². The summed E-state index contributed by atoms with van der Waals surface area (Å²) in [6.07, 6.45) is 1.66. The lowest BCUT2D eigenvalue weighted by atomic mass is 10.5. The van der Waals surface area contributed by atoms with E-state index >= 15 is 0 Å². The molecular weight excluding hydrogens is 673 g/mol. The van der Waals surface area contributed by atoms with E-state index in [4.69, 9.17) is 38.6 Å². The van der Waals surface area contributed by atoms with Crippen LogP contribution in [0.1, 0.15) is 12.8 Å². The largest absolute Gasteiger partial charge is 0.436 e. The molecule has 42 heavy (non-hydrogen) atoms. The van der Waals surface area contributed by atoms with E-state index in [1.54, 1.807) is 0 Å². The van der Waals surface area contributed by atoms with Gasteiger partial charge < -0.3 is 43.8 Å². The SMILES string of the molecule is C[Si](C)(CCCO)O[Si](C)(C)O[Si](C)(C)O[Si](C)(C)O[Si](C)(C)O[Si](C)(C)O[Si](C)(C)O[Si](C)(C)CCCOCCO. The Morgan fingerprint density at radius 2 is 0.643 bits per heavy atom. The molecule has 0 unspecified atom stereocenters. The van der Waals surface area contributed by atoms with E-state index in [1.165, 1.54) is 0 Å².